The van der Waals surface area contributed by atoms with E-state index in [1.807, 2.05) is 0 Å². The number of ether oxygens (including phenoxy) is 2. The molecular formula is C45H85O7P. The van der Waals surface area contributed by atoms with E-state index in [0.29, 0.717) is 12.8 Å². The van der Waals surface area contributed by atoms with Crippen molar-refractivity contribution < 1.29 is 32.7 Å². The first-order valence-electron chi connectivity index (χ1n) is 22.6. The molecule has 0 fully saturated rings. The van der Waals surface area contributed by atoms with Gasteiger partial charge in [0.15, 0.2) is 6.10 Å². The molecule has 53 heavy (non-hydrogen) atoms. The molecule has 0 N–H and O–H groups in total. The van der Waals surface area contributed by atoms with Gasteiger partial charge in [0.05, 0.1) is 19.0 Å². The van der Waals surface area contributed by atoms with E-state index < -0.39 is 13.7 Å². The fourth-order valence-electron chi connectivity index (χ4n) is 6.59. The second-order valence-corrected chi connectivity index (χ2v) is 16.8. The van der Waals surface area contributed by atoms with Gasteiger partial charge in [0.1, 0.15) is 6.61 Å². The molecule has 1 atom stereocenters. The Morgan fingerprint density at radius 2 is 0.811 bits per heavy atom. The van der Waals surface area contributed by atoms with Gasteiger partial charge >= 0.3 is 19.5 Å². The number of esters is 2. The monoisotopic (exact) mass is 769 g/mol. The highest BCUT2D eigenvalue weighted by atomic mass is 31.2. The second kappa shape index (κ2) is 40.3. The largest absolute Gasteiger partial charge is 0.461 e. The first-order valence-corrected chi connectivity index (χ1v) is 24.2. The number of unbranched alkanes of at least 4 members (excludes halogenated alkanes) is 28. The highest BCUT2D eigenvalue weighted by Crippen LogP contribution is 2.49. The third-order valence-corrected chi connectivity index (χ3v) is 11.5. The Labute approximate surface area is 328 Å². The summed E-state index contributed by atoms with van der Waals surface area (Å²) < 4.78 is 34.5. The Morgan fingerprint density at radius 3 is 1.15 bits per heavy atom. The van der Waals surface area contributed by atoms with Crippen molar-refractivity contribution in [2.24, 2.45) is 0 Å². The van der Waals surface area contributed by atoms with Crippen LogP contribution in [0, 0.1) is 0 Å². The molecule has 0 unspecified atom stereocenters. The van der Waals surface area contributed by atoms with Gasteiger partial charge < -0.3 is 18.5 Å². The normalized spacial score (nSPS) is 12.0. The van der Waals surface area contributed by atoms with Gasteiger partial charge in [0, 0.05) is 18.9 Å². The number of hydrogen-bond donors (Lipinski definition) is 0. The summed E-state index contributed by atoms with van der Waals surface area (Å²) in [6.45, 7) is 8.37. The molecule has 312 valence electrons. The number of hydrogen-bond acceptors (Lipinski definition) is 7. The number of carbonyl (C=O) groups excluding carboxylic acids is 2. The molecule has 0 aliphatic rings. The van der Waals surface area contributed by atoms with E-state index >= 15 is 0 Å². The SMILES string of the molecule is CCCCCCCCCCCCCCCCCC(=O)OC[C@@H](C=C=CP(=O)(OCC)OCC)OC(=O)CCCCCCCCCCCCCCCCC. The van der Waals surface area contributed by atoms with Crippen LogP contribution in [0.15, 0.2) is 17.6 Å². The van der Waals surface area contributed by atoms with Gasteiger partial charge in [0.25, 0.3) is 0 Å². The zero-order valence-electron chi connectivity index (χ0n) is 35.3. The predicted octanol–water partition coefficient (Wildman–Crippen LogP) is 14.9. The molecule has 0 amide bonds. The average Bonchev–Trinajstić information content (AvgIpc) is 3.14. The maximum atomic E-state index is 12.8. The van der Waals surface area contributed by atoms with Crippen molar-refractivity contribution in [3.63, 3.8) is 0 Å². The summed E-state index contributed by atoms with van der Waals surface area (Å²) in [5.41, 5.74) is 2.81. The summed E-state index contributed by atoms with van der Waals surface area (Å²) in [5, 5.41) is 0. The molecule has 8 heteroatoms. The lowest BCUT2D eigenvalue weighted by molar-refractivity contribution is -0.156. The summed E-state index contributed by atoms with van der Waals surface area (Å²) in [7, 11) is -3.45. The van der Waals surface area contributed by atoms with Crippen LogP contribution in [-0.2, 0) is 32.7 Å². The van der Waals surface area contributed by atoms with Crippen LogP contribution in [0.25, 0.3) is 0 Å². The Balaban J connectivity index is 4.35. The molecule has 0 aliphatic carbocycles. The summed E-state index contributed by atoms with van der Waals surface area (Å²) in [6.07, 6.45) is 39.4. The lowest BCUT2D eigenvalue weighted by atomic mass is 10.0. The van der Waals surface area contributed by atoms with Crippen LogP contribution < -0.4 is 0 Å². The molecule has 0 aromatic heterocycles. The van der Waals surface area contributed by atoms with Crippen LogP contribution in [0.5, 0.6) is 0 Å². The van der Waals surface area contributed by atoms with Gasteiger partial charge in [-0.15, -0.1) is 5.73 Å². The quantitative estimate of drug-likeness (QED) is 0.0265. The minimum Gasteiger partial charge on any atom is -0.461 e. The molecule has 0 bridgehead atoms. The fourth-order valence-corrected chi connectivity index (χ4v) is 7.80. The van der Waals surface area contributed by atoms with Crippen LogP contribution in [0.2, 0.25) is 0 Å². The summed E-state index contributed by atoms with van der Waals surface area (Å²) in [5.74, 6) is 0.612. The smallest absolute Gasteiger partial charge is 0.361 e. The number of carbonyl (C=O) groups is 2. The molecule has 0 heterocycles. The Morgan fingerprint density at radius 1 is 0.491 bits per heavy atom. The van der Waals surface area contributed by atoms with E-state index in [0.717, 1.165) is 38.5 Å². The van der Waals surface area contributed by atoms with E-state index in [4.69, 9.17) is 18.5 Å². The molecule has 0 rings (SSSR count). The van der Waals surface area contributed by atoms with Gasteiger partial charge in [-0.1, -0.05) is 194 Å². The van der Waals surface area contributed by atoms with Crippen molar-refractivity contribution in [3.05, 3.63) is 17.6 Å². The lowest BCUT2D eigenvalue weighted by Gasteiger charge is -2.15. The van der Waals surface area contributed by atoms with Crippen molar-refractivity contribution in [1.29, 1.82) is 0 Å². The average molecular weight is 769 g/mol. The van der Waals surface area contributed by atoms with E-state index in [2.05, 4.69) is 19.6 Å². The summed E-state index contributed by atoms with van der Waals surface area (Å²) in [4.78, 5) is 25.2. The first kappa shape index (κ1) is 51.6. The van der Waals surface area contributed by atoms with Gasteiger partial charge in [0.2, 0.25) is 0 Å². The Hall–Kier alpha value is -1.39. The van der Waals surface area contributed by atoms with Gasteiger partial charge in [-0.05, 0) is 26.7 Å². The molecule has 0 aromatic carbocycles. The highest BCUT2D eigenvalue weighted by Gasteiger charge is 2.19. The van der Waals surface area contributed by atoms with E-state index in [1.165, 1.54) is 166 Å². The van der Waals surface area contributed by atoms with Crippen molar-refractivity contribution in [2.45, 2.75) is 239 Å². The maximum absolute atomic E-state index is 12.8. The molecule has 0 spiro atoms. The second-order valence-electron chi connectivity index (χ2n) is 14.9. The first-order chi connectivity index (χ1) is 25.9. The standard InChI is InChI=1S/C45H85O7P/c1-5-9-11-13-15-17-19-21-23-25-27-29-31-33-35-39-44(46)49-42-43(38-37-41-53(48,50-7-3)51-8-4)52-45(47)40-36-34-32-30-28-26-24-22-20-18-16-14-12-10-6-2/h38,41,43H,5-36,39-40,42H2,1-4H3/t37?,43-/m1/s1. The molecule has 7 nitrogen and oxygen atoms in total. The summed E-state index contributed by atoms with van der Waals surface area (Å²) >= 11 is 0. The molecule has 0 radical (unpaired) electrons. The minimum atomic E-state index is -3.45. The number of rotatable bonds is 41. The minimum absolute atomic E-state index is 0.101. The van der Waals surface area contributed by atoms with Crippen molar-refractivity contribution in [3.8, 4) is 0 Å². The lowest BCUT2D eigenvalue weighted by Crippen LogP contribution is -2.23. The van der Waals surface area contributed by atoms with E-state index in [9.17, 15) is 14.2 Å². The third-order valence-electron chi connectivity index (χ3n) is 9.79. The van der Waals surface area contributed by atoms with Gasteiger partial charge in [-0.25, -0.2) is 0 Å². The van der Waals surface area contributed by atoms with E-state index in [1.54, 1.807) is 13.8 Å². The van der Waals surface area contributed by atoms with Gasteiger partial charge in [-0.2, -0.15) is 0 Å². The van der Waals surface area contributed by atoms with Gasteiger partial charge in [-0.3, -0.25) is 14.2 Å². The fraction of sp³-hybridized carbons (Fsp3) is 0.889. The van der Waals surface area contributed by atoms with Crippen LogP contribution >= 0.6 is 7.60 Å². The van der Waals surface area contributed by atoms with Crippen molar-refractivity contribution >= 4 is 19.5 Å². The zero-order valence-corrected chi connectivity index (χ0v) is 36.2. The highest BCUT2D eigenvalue weighted by molar-refractivity contribution is 7.57. The van der Waals surface area contributed by atoms with Crippen molar-refractivity contribution in [2.75, 3.05) is 19.8 Å². The topological polar surface area (TPSA) is 88.1 Å². The molecule has 0 saturated carbocycles. The Bertz CT molecular complexity index is 920. The maximum Gasteiger partial charge on any atom is 0.361 e. The third kappa shape index (κ3) is 37.3. The van der Waals surface area contributed by atoms with E-state index in [-0.39, 0.29) is 31.8 Å². The summed E-state index contributed by atoms with van der Waals surface area (Å²) in [6, 6.07) is 0. The molecular weight excluding hydrogens is 683 g/mol. The van der Waals surface area contributed by atoms with Crippen LogP contribution in [0.4, 0.5) is 0 Å². The van der Waals surface area contributed by atoms with Crippen molar-refractivity contribution in [1.82, 2.24) is 0 Å². The van der Waals surface area contributed by atoms with Crippen LogP contribution in [-0.4, -0.2) is 37.9 Å². The Kier molecular flexibility index (Phi) is 39.2. The predicted molar refractivity (Wildman–Crippen MR) is 223 cm³/mol. The van der Waals surface area contributed by atoms with Crippen LogP contribution in [0.1, 0.15) is 233 Å². The molecule has 0 aliphatic heterocycles. The molecule has 0 aromatic rings. The molecule has 0 saturated heterocycles. The van der Waals surface area contributed by atoms with Crippen LogP contribution in [0.3, 0.4) is 0 Å². The zero-order chi connectivity index (χ0) is 38.9.